The summed E-state index contributed by atoms with van der Waals surface area (Å²) < 4.78 is 5.03. The summed E-state index contributed by atoms with van der Waals surface area (Å²) in [6.45, 7) is 5.58. The number of carbonyl (C=O) groups excluding carboxylic acids is 2. The lowest BCUT2D eigenvalue weighted by Crippen LogP contribution is -2.38. The van der Waals surface area contributed by atoms with Gasteiger partial charge in [0.15, 0.2) is 0 Å². The van der Waals surface area contributed by atoms with Gasteiger partial charge in [-0.05, 0) is 37.8 Å². The Hall–Kier alpha value is -0.850. The zero-order valence-electron chi connectivity index (χ0n) is 13.8. The second-order valence-corrected chi connectivity index (χ2v) is 6.81. The maximum Gasteiger partial charge on any atom is 0.227 e. The van der Waals surface area contributed by atoms with Crippen LogP contribution in [0.5, 0.6) is 0 Å². The first-order valence-corrected chi connectivity index (χ1v) is 8.45. The van der Waals surface area contributed by atoms with E-state index in [2.05, 4.69) is 5.32 Å². The maximum atomic E-state index is 12.7. The lowest BCUT2D eigenvalue weighted by molar-refractivity contribution is -0.135. The Kier molecular flexibility index (Phi) is 6.68. The van der Waals surface area contributed by atoms with E-state index in [1.54, 1.807) is 12.0 Å². The fraction of sp³-hybridized carbons (Fsp3) is 0.875. The van der Waals surface area contributed by atoms with Crippen LogP contribution in [0.15, 0.2) is 0 Å². The van der Waals surface area contributed by atoms with Crippen molar-refractivity contribution in [3.63, 3.8) is 0 Å². The van der Waals surface area contributed by atoms with Gasteiger partial charge in [0.2, 0.25) is 11.8 Å². The Morgan fingerprint density at radius 1 is 1.26 bits per heavy atom. The number of fused-ring (bicyclic) bond motifs is 1. The minimum Gasteiger partial charge on any atom is -0.383 e. The molecule has 0 aliphatic carbocycles. The van der Waals surface area contributed by atoms with Crippen molar-refractivity contribution in [1.82, 2.24) is 15.1 Å². The molecule has 0 aromatic carbocycles. The lowest BCUT2D eigenvalue weighted by atomic mass is 9.92. The maximum absolute atomic E-state index is 12.7. The molecule has 2 amide bonds. The van der Waals surface area contributed by atoms with Crippen molar-refractivity contribution in [2.75, 3.05) is 53.0 Å². The van der Waals surface area contributed by atoms with Crippen molar-refractivity contribution in [2.24, 2.45) is 17.8 Å². The lowest BCUT2D eigenvalue weighted by Gasteiger charge is -2.24. The quantitative estimate of drug-likeness (QED) is 0.799. The fourth-order valence-corrected chi connectivity index (χ4v) is 4.05. The smallest absolute Gasteiger partial charge is 0.227 e. The molecule has 0 bridgehead atoms. The summed E-state index contributed by atoms with van der Waals surface area (Å²) in [5, 5.41) is 3.46. The number of rotatable bonds is 4. The van der Waals surface area contributed by atoms with E-state index in [0.717, 1.165) is 50.9 Å². The largest absolute Gasteiger partial charge is 0.383 e. The van der Waals surface area contributed by atoms with Crippen molar-refractivity contribution < 1.29 is 14.3 Å². The van der Waals surface area contributed by atoms with Crippen molar-refractivity contribution in [1.29, 1.82) is 0 Å². The molecule has 23 heavy (non-hydrogen) atoms. The Labute approximate surface area is 144 Å². The molecule has 3 atom stereocenters. The van der Waals surface area contributed by atoms with E-state index in [1.807, 2.05) is 4.90 Å². The molecule has 3 saturated heterocycles. The predicted octanol–water partition coefficient (Wildman–Crippen LogP) is 0.361. The first-order valence-electron chi connectivity index (χ1n) is 8.45. The van der Waals surface area contributed by atoms with E-state index in [4.69, 9.17) is 4.74 Å². The first-order chi connectivity index (χ1) is 10.7. The molecular formula is C16H28ClN3O3. The molecule has 3 heterocycles. The molecule has 3 rings (SSSR count). The second kappa shape index (κ2) is 8.31. The molecule has 3 fully saturated rings. The van der Waals surface area contributed by atoms with Gasteiger partial charge >= 0.3 is 0 Å². The molecule has 1 unspecified atom stereocenters. The van der Waals surface area contributed by atoms with Gasteiger partial charge in [0.25, 0.3) is 0 Å². The number of amides is 2. The standard InChI is InChI=1S/C16H27N3O3.ClH/c1-22-7-6-19-11-14(8-15(19)20)16(21)18-4-2-12-9-17-10-13(12)3-5-18;/h12-14,17H,2-11H2,1H3;1H/t12-,13+,14?;. The number of ether oxygens (including phenoxy) is 1. The number of likely N-dealkylation sites (tertiary alicyclic amines) is 2. The number of nitrogens with zero attached hydrogens (tertiary/aromatic N) is 2. The monoisotopic (exact) mass is 345 g/mol. The minimum absolute atomic E-state index is 0. The summed E-state index contributed by atoms with van der Waals surface area (Å²) >= 11 is 0. The van der Waals surface area contributed by atoms with Crippen LogP contribution in [-0.2, 0) is 14.3 Å². The normalized spacial score (nSPS) is 30.8. The van der Waals surface area contributed by atoms with Crippen LogP contribution in [0.3, 0.4) is 0 Å². The predicted molar refractivity (Wildman–Crippen MR) is 89.5 cm³/mol. The third-order valence-corrected chi connectivity index (χ3v) is 5.46. The summed E-state index contributed by atoms with van der Waals surface area (Å²) in [6.07, 6.45) is 2.56. The van der Waals surface area contributed by atoms with Crippen molar-refractivity contribution in [2.45, 2.75) is 19.3 Å². The highest BCUT2D eigenvalue weighted by atomic mass is 35.5. The van der Waals surface area contributed by atoms with Gasteiger partial charge in [-0.3, -0.25) is 9.59 Å². The summed E-state index contributed by atoms with van der Waals surface area (Å²) in [5.74, 6) is 1.57. The summed E-state index contributed by atoms with van der Waals surface area (Å²) in [5.41, 5.74) is 0. The average Bonchev–Trinajstić information content (AvgIpc) is 3.06. The first kappa shape index (κ1) is 18.5. The topological polar surface area (TPSA) is 61.9 Å². The third-order valence-electron chi connectivity index (χ3n) is 5.46. The highest BCUT2D eigenvalue weighted by molar-refractivity contribution is 5.89. The molecule has 3 aliphatic rings. The molecular weight excluding hydrogens is 318 g/mol. The molecule has 132 valence electrons. The van der Waals surface area contributed by atoms with Gasteiger partial charge in [-0.25, -0.2) is 0 Å². The van der Waals surface area contributed by atoms with E-state index in [0.29, 0.717) is 26.1 Å². The van der Waals surface area contributed by atoms with Crippen LogP contribution in [0.4, 0.5) is 0 Å². The average molecular weight is 346 g/mol. The summed E-state index contributed by atoms with van der Waals surface area (Å²) in [6, 6.07) is 0. The van der Waals surface area contributed by atoms with Crippen molar-refractivity contribution in [3.8, 4) is 0 Å². The Morgan fingerprint density at radius 3 is 2.52 bits per heavy atom. The van der Waals surface area contributed by atoms with Gasteiger partial charge in [-0.1, -0.05) is 0 Å². The van der Waals surface area contributed by atoms with Crippen LogP contribution >= 0.6 is 12.4 Å². The van der Waals surface area contributed by atoms with Gasteiger partial charge in [0.1, 0.15) is 0 Å². The van der Waals surface area contributed by atoms with Gasteiger partial charge in [-0.15, -0.1) is 12.4 Å². The molecule has 0 radical (unpaired) electrons. The number of hydrogen-bond acceptors (Lipinski definition) is 4. The number of nitrogens with one attached hydrogen (secondary N) is 1. The van der Waals surface area contributed by atoms with Crippen LogP contribution in [0.1, 0.15) is 19.3 Å². The molecule has 0 saturated carbocycles. The molecule has 1 N–H and O–H groups in total. The SMILES string of the molecule is COCCN1CC(C(=O)N2CC[C@@H]3CNC[C@@H]3CC2)CC1=O.Cl. The van der Waals surface area contributed by atoms with E-state index in [9.17, 15) is 9.59 Å². The van der Waals surface area contributed by atoms with Gasteiger partial charge in [0.05, 0.1) is 12.5 Å². The van der Waals surface area contributed by atoms with Gasteiger partial charge in [0, 0.05) is 39.7 Å². The molecule has 0 aromatic heterocycles. The van der Waals surface area contributed by atoms with Crippen LogP contribution in [0.2, 0.25) is 0 Å². The molecule has 0 spiro atoms. The molecule has 3 aliphatic heterocycles. The minimum atomic E-state index is -0.152. The Morgan fingerprint density at radius 2 is 1.91 bits per heavy atom. The van der Waals surface area contributed by atoms with Gasteiger partial charge in [-0.2, -0.15) is 0 Å². The Bertz CT molecular complexity index is 421. The number of carbonyl (C=O) groups is 2. The summed E-state index contributed by atoms with van der Waals surface area (Å²) in [7, 11) is 1.63. The van der Waals surface area contributed by atoms with Crippen molar-refractivity contribution in [3.05, 3.63) is 0 Å². The molecule has 7 heteroatoms. The Balaban J connectivity index is 0.00000192. The van der Waals surface area contributed by atoms with Gasteiger partial charge < -0.3 is 19.9 Å². The highest BCUT2D eigenvalue weighted by Gasteiger charge is 2.38. The van der Waals surface area contributed by atoms with Crippen molar-refractivity contribution >= 4 is 24.2 Å². The van der Waals surface area contributed by atoms with Crippen LogP contribution in [-0.4, -0.2) is 74.6 Å². The molecule has 6 nitrogen and oxygen atoms in total. The zero-order valence-corrected chi connectivity index (χ0v) is 14.6. The number of halogens is 1. The third kappa shape index (κ3) is 4.17. The molecule has 0 aromatic rings. The van der Waals surface area contributed by atoms with Crippen LogP contribution in [0, 0.1) is 17.8 Å². The number of methoxy groups -OCH3 is 1. The van der Waals surface area contributed by atoms with E-state index >= 15 is 0 Å². The number of hydrogen-bond donors (Lipinski definition) is 1. The fourth-order valence-electron chi connectivity index (χ4n) is 4.05. The zero-order chi connectivity index (χ0) is 15.5. The highest BCUT2D eigenvalue weighted by Crippen LogP contribution is 2.29. The van der Waals surface area contributed by atoms with E-state index in [-0.39, 0.29) is 30.1 Å². The van der Waals surface area contributed by atoms with E-state index < -0.39 is 0 Å². The summed E-state index contributed by atoms with van der Waals surface area (Å²) in [4.78, 5) is 28.5. The van der Waals surface area contributed by atoms with Crippen LogP contribution < -0.4 is 5.32 Å². The van der Waals surface area contributed by atoms with E-state index in [1.165, 1.54) is 0 Å². The second-order valence-electron chi connectivity index (χ2n) is 6.81. The van der Waals surface area contributed by atoms with Crippen LogP contribution in [0.25, 0.3) is 0 Å².